The summed E-state index contributed by atoms with van der Waals surface area (Å²) in [5, 5.41) is 9.13. The van der Waals surface area contributed by atoms with E-state index in [1.54, 1.807) is 0 Å². The number of carboxylic acid groups (broad SMARTS) is 1. The minimum atomic E-state index is -1.04. The predicted molar refractivity (Wildman–Crippen MR) is 62.7 cm³/mol. The van der Waals surface area contributed by atoms with Crippen molar-refractivity contribution in [1.29, 1.82) is 0 Å². The summed E-state index contributed by atoms with van der Waals surface area (Å²) in [5.41, 5.74) is 7.03. The molecule has 0 bridgehead atoms. The van der Waals surface area contributed by atoms with Gasteiger partial charge in [0, 0.05) is 31.1 Å². The van der Waals surface area contributed by atoms with Crippen LogP contribution in [0.4, 0.5) is 5.95 Å². The van der Waals surface area contributed by atoms with Crippen molar-refractivity contribution in [3.05, 3.63) is 17.0 Å². The van der Waals surface area contributed by atoms with E-state index in [4.69, 9.17) is 10.8 Å². The van der Waals surface area contributed by atoms with Gasteiger partial charge in [0.05, 0.1) is 5.69 Å². The average molecular weight is 236 g/mol. The molecular formula is C11H16N4O2. The fourth-order valence-electron chi connectivity index (χ4n) is 2.07. The SMILES string of the molecule is CC(C)N1CCc2nc(N)nc(C(=O)O)c2C1. The summed E-state index contributed by atoms with van der Waals surface area (Å²) in [5.74, 6) is -1.000. The molecule has 0 aliphatic carbocycles. The molecule has 2 heterocycles. The number of rotatable bonds is 2. The lowest BCUT2D eigenvalue weighted by molar-refractivity contribution is 0.0685. The number of nitrogens with two attached hydrogens (primary N) is 1. The van der Waals surface area contributed by atoms with Gasteiger partial charge in [-0.05, 0) is 13.8 Å². The molecule has 0 atom stereocenters. The van der Waals surface area contributed by atoms with Gasteiger partial charge in [-0.2, -0.15) is 0 Å². The molecule has 0 amide bonds. The number of carboxylic acids is 1. The second kappa shape index (κ2) is 4.29. The number of nitrogen functional groups attached to an aromatic ring is 1. The Morgan fingerprint density at radius 3 is 2.76 bits per heavy atom. The first-order chi connectivity index (χ1) is 7.99. The molecule has 0 fully saturated rings. The largest absolute Gasteiger partial charge is 0.476 e. The topological polar surface area (TPSA) is 92.3 Å². The molecule has 0 saturated carbocycles. The van der Waals surface area contributed by atoms with Gasteiger partial charge in [-0.25, -0.2) is 14.8 Å². The van der Waals surface area contributed by atoms with Crippen LogP contribution in [0.2, 0.25) is 0 Å². The number of hydrogen-bond donors (Lipinski definition) is 2. The van der Waals surface area contributed by atoms with E-state index in [-0.39, 0.29) is 11.6 Å². The van der Waals surface area contributed by atoms with Crippen LogP contribution in [0.3, 0.4) is 0 Å². The van der Waals surface area contributed by atoms with Crippen molar-refractivity contribution in [2.75, 3.05) is 12.3 Å². The van der Waals surface area contributed by atoms with Crippen LogP contribution >= 0.6 is 0 Å². The minimum absolute atomic E-state index is 0.0397. The van der Waals surface area contributed by atoms with E-state index in [0.29, 0.717) is 18.2 Å². The number of hydrogen-bond acceptors (Lipinski definition) is 5. The van der Waals surface area contributed by atoms with Gasteiger partial charge in [-0.1, -0.05) is 0 Å². The summed E-state index contributed by atoms with van der Waals surface area (Å²) in [4.78, 5) is 21.3. The Morgan fingerprint density at radius 1 is 1.47 bits per heavy atom. The molecule has 1 aromatic heterocycles. The number of fused-ring (bicyclic) bond motifs is 1. The predicted octanol–water partition coefficient (Wildman–Crippen LogP) is 0.524. The van der Waals surface area contributed by atoms with Gasteiger partial charge < -0.3 is 10.8 Å². The van der Waals surface area contributed by atoms with E-state index in [2.05, 4.69) is 28.7 Å². The molecule has 0 saturated heterocycles. The van der Waals surface area contributed by atoms with Crippen molar-refractivity contribution in [2.45, 2.75) is 32.9 Å². The Morgan fingerprint density at radius 2 is 2.18 bits per heavy atom. The highest BCUT2D eigenvalue weighted by atomic mass is 16.4. The van der Waals surface area contributed by atoms with E-state index in [1.807, 2.05) is 0 Å². The normalized spacial score (nSPS) is 15.9. The maximum atomic E-state index is 11.1. The quantitative estimate of drug-likeness (QED) is 0.777. The van der Waals surface area contributed by atoms with Crippen molar-refractivity contribution in [3.8, 4) is 0 Å². The second-order valence-electron chi connectivity index (χ2n) is 4.48. The van der Waals surface area contributed by atoms with E-state index >= 15 is 0 Å². The molecule has 0 aromatic carbocycles. The Bertz CT molecular complexity index is 459. The number of aromatic carboxylic acids is 1. The van der Waals surface area contributed by atoms with Crippen LogP contribution in [0.1, 0.15) is 35.6 Å². The Kier molecular flexibility index (Phi) is 2.97. The van der Waals surface area contributed by atoms with Crippen molar-refractivity contribution in [3.63, 3.8) is 0 Å². The maximum absolute atomic E-state index is 11.1. The van der Waals surface area contributed by atoms with Gasteiger partial charge in [-0.15, -0.1) is 0 Å². The first kappa shape index (κ1) is 11.8. The van der Waals surface area contributed by atoms with E-state index in [9.17, 15) is 4.79 Å². The zero-order chi connectivity index (χ0) is 12.6. The molecule has 2 rings (SSSR count). The molecule has 0 radical (unpaired) electrons. The first-order valence-corrected chi connectivity index (χ1v) is 5.61. The molecule has 1 aliphatic rings. The van der Waals surface area contributed by atoms with Gasteiger partial charge in [0.1, 0.15) is 0 Å². The highest BCUT2D eigenvalue weighted by molar-refractivity contribution is 5.87. The summed E-state index contributed by atoms with van der Waals surface area (Å²) in [6, 6.07) is 0.377. The lowest BCUT2D eigenvalue weighted by Gasteiger charge is -2.31. The second-order valence-corrected chi connectivity index (χ2v) is 4.48. The van der Waals surface area contributed by atoms with Gasteiger partial charge in [-0.3, -0.25) is 4.90 Å². The molecule has 3 N–H and O–H groups in total. The molecule has 6 heteroatoms. The van der Waals surface area contributed by atoms with Crippen LogP contribution in [0.25, 0.3) is 0 Å². The fourth-order valence-corrected chi connectivity index (χ4v) is 2.07. The molecule has 0 unspecified atom stereocenters. The Balaban J connectivity index is 2.44. The third-order valence-corrected chi connectivity index (χ3v) is 3.04. The standard InChI is InChI=1S/C11H16N4O2/c1-6(2)15-4-3-8-7(5-15)9(10(16)17)14-11(12)13-8/h6H,3-5H2,1-2H3,(H,16,17)(H2,12,13,14). The van der Waals surface area contributed by atoms with E-state index < -0.39 is 5.97 Å². The van der Waals surface area contributed by atoms with Crippen LogP contribution in [-0.2, 0) is 13.0 Å². The number of carbonyl (C=O) groups is 1. The molecule has 92 valence electrons. The Labute approximate surface area is 99.5 Å². The third kappa shape index (κ3) is 2.21. The number of anilines is 1. The lowest BCUT2D eigenvalue weighted by atomic mass is 10.0. The summed E-state index contributed by atoms with van der Waals surface area (Å²) < 4.78 is 0. The van der Waals surface area contributed by atoms with Gasteiger partial charge in [0.2, 0.25) is 5.95 Å². The van der Waals surface area contributed by atoms with Gasteiger partial charge >= 0.3 is 5.97 Å². The van der Waals surface area contributed by atoms with Crippen LogP contribution in [0.15, 0.2) is 0 Å². The van der Waals surface area contributed by atoms with Crippen molar-refractivity contribution >= 4 is 11.9 Å². The van der Waals surface area contributed by atoms with Crippen molar-refractivity contribution < 1.29 is 9.90 Å². The molecule has 1 aromatic rings. The summed E-state index contributed by atoms with van der Waals surface area (Å²) in [6.45, 7) is 5.63. The molecular weight excluding hydrogens is 220 g/mol. The van der Waals surface area contributed by atoms with Crippen molar-refractivity contribution in [2.24, 2.45) is 0 Å². The van der Waals surface area contributed by atoms with Crippen LogP contribution in [-0.4, -0.2) is 38.5 Å². The molecule has 6 nitrogen and oxygen atoms in total. The van der Waals surface area contributed by atoms with Gasteiger partial charge in [0.25, 0.3) is 0 Å². The highest BCUT2D eigenvalue weighted by Gasteiger charge is 2.25. The molecule has 0 spiro atoms. The van der Waals surface area contributed by atoms with Crippen LogP contribution < -0.4 is 5.73 Å². The fraction of sp³-hybridized carbons (Fsp3) is 0.545. The smallest absolute Gasteiger partial charge is 0.355 e. The van der Waals surface area contributed by atoms with Gasteiger partial charge in [0.15, 0.2) is 5.69 Å². The Hall–Kier alpha value is -1.69. The first-order valence-electron chi connectivity index (χ1n) is 5.61. The van der Waals surface area contributed by atoms with Crippen LogP contribution in [0, 0.1) is 0 Å². The summed E-state index contributed by atoms with van der Waals surface area (Å²) in [6.07, 6.45) is 0.723. The highest BCUT2D eigenvalue weighted by Crippen LogP contribution is 2.22. The lowest BCUT2D eigenvalue weighted by Crippen LogP contribution is -2.37. The number of nitrogens with zero attached hydrogens (tertiary/aromatic N) is 3. The zero-order valence-corrected chi connectivity index (χ0v) is 9.97. The molecule has 1 aliphatic heterocycles. The zero-order valence-electron chi connectivity index (χ0n) is 9.97. The summed E-state index contributed by atoms with van der Waals surface area (Å²) >= 11 is 0. The monoisotopic (exact) mass is 236 g/mol. The van der Waals surface area contributed by atoms with E-state index in [0.717, 1.165) is 18.7 Å². The van der Waals surface area contributed by atoms with E-state index in [1.165, 1.54) is 0 Å². The summed E-state index contributed by atoms with van der Waals surface area (Å²) in [7, 11) is 0. The van der Waals surface area contributed by atoms with Crippen molar-refractivity contribution in [1.82, 2.24) is 14.9 Å². The average Bonchev–Trinajstić information content (AvgIpc) is 2.26. The molecule has 17 heavy (non-hydrogen) atoms. The maximum Gasteiger partial charge on any atom is 0.355 e. The third-order valence-electron chi connectivity index (χ3n) is 3.04. The van der Waals surface area contributed by atoms with Crippen LogP contribution in [0.5, 0.6) is 0 Å². The number of aromatic nitrogens is 2. The minimum Gasteiger partial charge on any atom is -0.476 e.